The van der Waals surface area contributed by atoms with Crippen molar-refractivity contribution in [1.82, 2.24) is 9.97 Å². The minimum Gasteiger partial charge on any atom is -0.477 e. The van der Waals surface area contributed by atoms with Crippen molar-refractivity contribution in [3.63, 3.8) is 0 Å². The van der Waals surface area contributed by atoms with Gasteiger partial charge in [-0.15, -0.1) is 6.58 Å². The van der Waals surface area contributed by atoms with Crippen LogP contribution in [0, 0.1) is 0 Å². The Morgan fingerprint density at radius 1 is 1.53 bits per heavy atom. The molecule has 1 heterocycles. The van der Waals surface area contributed by atoms with E-state index in [-0.39, 0.29) is 0 Å². The Labute approximate surface area is 111 Å². The smallest absolute Gasteiger partial charge is 0.233 e. The summed E-state index contributed by atoms with van der Waals surface area (Å²) in [6.45, 7) is 7.29. The number of rotatable bonds is 8. The standard InChI is InChI=1S/C12H18BrN3O/c1-3-5-6-8-17-12-10(13)11(14-7-4-2)15-9-16-12/h3,9H,1,4-8H2,2H3,(H,14,15,16). The average Bonchev–Trinajstić information content (AvgIpc) is 2.35. The van der Waals surface area contributed by atoms with Crippen molar-refractivity contribution in [1.29, 1.82) is 0 Å². The van der Waals surface area contributed by atoms with Gasteiger partial charge in [-0.25, -0.2) is 9.97 Å². The van der Waals surface area contributed by atoms with Gasteiger partial charge in [0, 0.05) is 6.54 Å². The van der Waals surface area contributed by atoms with Crippen LogP contribution in [-0.4, -0.2) is 23.1 Å². The van der Waals surface area contributed by atoms with Crippen molar-refractivity contribution in [2.45, 2.75) is 26.2 Å². The SMILES string of the molecule is C=CCCCOc1ncnc(NCCC)c1Br. The first-order chi connectivity index (χ1) is 8.29. The maximum absolute atomic E-state index is 5.57. The van der Waals surface area contributed by atoms with Crippen LogP contribution >= 0.6 is 15.9 Å². The number of hydrogen-bond acceptors (Lipinski definition) is 4. The second-order valence-corrected chi connectivity index (χ2v) is 4.34. The molecule has 0 atom stereocenters. The van der Waals surface area contributed by atoms with E-state index in [0.29, 0.717) is 12.5 Å². The van der Waals surface area contributed by atoms with E-state index in [1.807, 2.05) is 6.08 Å². The predicted molar refractivity (Wildman–Crippen MR) is 73.4 cm³/mol. The molecule has 0 saturated heterocycles. The summed E-state index contributed by atoms with van der Waals surface area (Å²) in [5.74, 6) is 1.36. The fourth-order valence-corrected chi connectivity index (χ4v) is 1.68. The minimum atomic E-state index is 0.586. The molecular weight excluding hydrogens is 282 g/mol. The first-order valence-corrected chi connectivity index (χ1v) is 6.57. The van der Waals surface area contributed by atoms with Gasteiger partial charge in [0.2, 0.25) is 5.88 Å². The van der Waals surface area contributed by atoms with Crippen molar-refractivity contribution in [2.24, 2.45) is 0 Å². The largest absolute Gasteiger partial charge is 0.477 e. The second-order valence-electron chi connectivity index (χ2n) is 3.55. The van der Waals surface area contributed by atoms with E-state index in [9.17, 15) is 0 Å². The molecule has 17 heavy (non-hydrogen) atoms. The number of allylic oxidation sites excluding steroid dienone is 1. The molecule has 0 aliphatic heterocycles. The van der Waals surface area contributed by atoms with Crippen molar-refractivity contribution in [3.05, 3.63) is 23.5 Å². The molecule has 0 fully saturated rings. The third-order valence-electron chi connectivity index (χ3n) is 2.09. The number of halogens is 1. The van der Waals surface area contributed by atoms with Gasteiger partial charge in [-0.1, -0.05) is 13.0 Å². The monoisotopic (exact) mass is 299 g/mol. The Hall–Kier alpha value is -1.10. The van der Waals surface area contributed by atoms with E-state index < -0.39 is 0 Å². The molecule has 1 aromatic heterocycles. The summed E-state index contributed by atoms with van der Waals surface area (Å²) < 4.78 is 6.36. The van der Waals surface area contributed by atoms with Crippen LogP contribution in [0.4, 0.5) is 5.82 Å². The first kappa shape index (κ1) is 14.0. The number of anilines is 1. The van der Waals surface area contributed by atoms with Gasteiger partial charge in [0.15, 0.2) is 0 Å². The second kappa shape index (κ2) is 8.06. The van der Waals surface area contributed by atoms with Crippen LogP contribution in [-0.2, 0) is 0 Å². The molecule has 0 aliphatic carbocycles. The van der Waals surface area contributed by atoms with Crippen molar-refractivity contribution in [2.75, 3.05) is 18.5 Å². The number of unbranched alkanes of at least 4 members (excludes halogenated alkanes) is 1. The summed E-state index contributed by atoms with van der Waals surface area (Å²) in [5, 5.41) is 3.21. The molecule has 1 aromatic rings. The molecular formula is C12H18BrN3O. The average molecular weight is 300 g/mol. The molecule has 94 valence electrons. The topological polar surface area (TPSA) is 47.0 Å². The lowest BCUT2D eigenvalue weighted by atomic mass is 10.3. The summed E-state index contributed by atoms with van der Waals surface area (Å²) in [7, 11) is 0. The molecule has 4 nitrogen and oxygen atoms in total. The Bertz CT molecular complexity index is 358. The molecule has 5 heteroatoms. The maximum Gasteiger partial charge on any atom is 0.233 e. The Balaban J connectivity index is 2.56. The number of nitrogens with zero attached hydrogens (tertiary/aromatic N) is 2. The molecule has 0 aromatic carbocycles. The molecule has 0 radical (unpaired) electrons. The van der Waals surface area contributed by atoms with E-state index in [1.54, 1.807) is 0 Å². The predicted octanol–water partition coefficient (Wildman–Crippen LogP) is 3.41. The van der Waals surface area contributed by atoms with Gasteiger partial charge < -0.3 is 10.1 Å². The lowest BCUT2D eigenvalue weighted by Crippen LogP contribution is -2.06. The zero-order valence-electron chi connectivity index (χ0n) is 10.1. The zero-order valence-corrected chi connectivity index (χ0v) is 11.7. The maximum atomic E-state index is 5.57. The quantitative estimate of drug-likeness (QED) is 0.590. The van der Waals surface area contributed by atoms with Crippen molar-refractivity contribution >= 4 is 21.7 Å². The highest BCUT2D eigenvalue weighted by molar-refractivity contribution is 9.10. The Morgan fingerprint density at radius 2 is 2.35 bits per heavy atom. The highest BCUT2D eigenvalue weighted by atomic mass is 79.9. The van der Waals surface area contributed by atoms with Crippen LogP contribution < -0.4 is 10.1 Å². The summed E-state index contributed by atoms with van der Waals surface area (Å²) in [5.41, 5.74) is 0. The molecule has 0 amide bonds. The zero-order chi connectivity index (χ0) is 12.5. The summed E-state index contributed by atoms with van der Waals surface area (Å²) in [6, 6.07) is 0. The van der Waals surface area contributed by atoms with Gasteiger partial charge in [0.05, 0.1) is 6.61 Å². The van der Waals surface area contributed by atoms with E-state index in [1.165, 1.54) is 6.33 Å². The molecule has 1 N–H and O–H groups in total. The van der Waals surface area contributed by atoms with E-state index in [4.69, 9.17) is 4.74 Å². The molecule has 0 bridgehead atoms. The van der Waals surface area contributed by atoms with Crippen LogP contribution in [0.15, 0.2) is 23.5 Å². The Kier molecular flexibility index (Phi) is 6.62. The summed E-state index contributed by atoms with van der Waals surface area (Å²) in [4.78, 5) is 8.25. The van der Waals surface area contributed by atoms with E-state index in [2.05, 4.69) is 44.7 Å². The lowest BCUT2D eigenvalue weighted by molar-refractivity contribution is 0.298. The fraction of sp³-hybridized carbons (Fsp3) is 0.500. The molecule has 0 unspecified atom stereocenters. The van der Waals surface area contributed by atoms with Crippen LogP contribution in [0.5, 0.6) is 5.88 Å². The third kappa shape index (κ3) is 4.73. The van der Waals surface area contributed by atoms with Crippen LogP contribution in [0.1, 0.15) is 26.2 Å². The fourth-order valence-electron chi connectivity index (χ4n) is 1.22. The molecule has 0 aliphatic rings. The van der Waals surface area contributed by atoms with Gasteiger partial charge in [0.25, 0.3) is 0 Å². The van der Waals surface area contributed by atoms with Crippen LogP contribution in [0.2, 0.25) is 0 Å². The van der Waals surface area contributed by atoms with Gasteiger partial charge >= 0.3 is 0 Å². The van der Waals surface area contributed by atoms with E-state index >= 15 is 0 Å². The van der Waals surface area contributed by atoms with Gasteiger partial charge in [-0.3, -0.25) is 0 Å². The number of hydrogen-bond donors (Lipinski definition) is 1. The number of ether oxygens (including phenoxy) is 1. The van der Waals surface area contributed by atoms with Gasteiger partial charge in [-0.05, 0) is 35.2 Å². The van der Waals surface area contributed by atoms with Crippen molar-refractivity contribution < 1.29 is 4.74 Å². The number of aromatic nitrogens is 2. The number of nitrogens with one attached hydrogen (secondary N) is 1. The summed E-state index contributed by atoms with van der Waals surface area (Å²) in [6.07, 6.45) is 6.32. The Morgan fingerprint density at radius 3 is 3.06 bits per heavy atom. The van der Waals surface area contributed by atoms with Crippen molar-refractivity contribution in [3.8, 4) is 5.88 Å². The molecule has 0 spiro atoms. The lowest BCUT2D eigenvalue weighted by Gasteiger charge is -2.10. The van der Waals surface area contributed by atoms with Crippen LogP contribution in [0.3, 0.4) is 0 Å². The minimum absolute atomic E-state index is 0.586. The van der Waals surface area contributed by atoms with Gasteiger partial charge in [-0.2, -0.15) is 0 Å². The highest BCUT2D eigenvalue weighted by Gasteiger charge is 2.08. The summed E-state index contributed by atoms with van der Waals surface area (Å²) >= 11 is 3.45. The van der Waals surface area contributed by atoms with Crippen LogP contribution in [0.25, 0.3) is 0 Å². The molecule has 0 saturated carbocycles. The third-order valence-corrected chi connectivity index (χ3v) is 2.81. The first-order valence-electron chi connectivity index (χ1n) is 5.77. The normalized spacial score (nSPS) is 10.0. The molecule has 1 rings (SSSR count). The van der Waals surface area contributed by atoms with Gasteiger partial charge in [0.1, 0.15) is 16.6 Å². The highest BCUT2D eigenvalue weighted by Crippen LogP contribution is 2.28. The van der Waals surface area contributed by atoms with E-state index in [0.717, 1.165) is 36.1 Å².